The number of hydrogen-bond acceptors (Lipinski definition) is 7. The third kappa shape index (κ3) is 4.01. The highest BCUT2D eigenvalue weighted by atomic mass is 32.3. The van der Waals surface area contributed by atoms with Crippen LogP contribution in [-0.4, -0.2) is 50.6 Å². The van der Waals surface area contributed by atoms with E-state index < -0.39 is 21.4 Å². The van der Waals surface area contributed by atoms with Gasteiger partial charge in [-0.15, -0.1) is 4.31 Å². The van der Waals surface area contributed by atoms with E-state index in [0.717, 1.165) is 29.9 Å². The van der Waals surface area contributed by atoms with Crippen LogP contribution in [0.2, 0.25) is 0 Å². The second-order valence-corrected chi connectivity index (χ2v) is 9.47. The van der Waals surface area contributed by atoms with Gasteiger partial charge in [-0.25, -0.2) is 13.6 Å². The molecule has 1 unspecified atom stereocenters. The number of primary sulfonamides is 1. The number of nitrogens with one attached hydrogen (secondary N) is 1. The third-order valence-corrected chi connectivity index (χ3v) is 7.74. The van der Waals surface area contributed by atoms with Gasteiger partial charge in [0.1, 0.15) is 4.21 Å². The molecule has 1 aromatic heterocycles. The quantitative estimate of drug-likeness (QED) is 0.534. The molecule has 2 atom stereocenters. The van der Waals surface area contributed by atoms with Crippen molar-refractivity contribution >= 4 is 32.7 Å². The summed E-state index contributed by atoms with van der Waals surface area (Å²) in [5.41, 5.74) is 0.775. The van der Waals surface area contributed by atoms with Crippen molar-refractivity contribution in [3.63, 3.8) is 0 Å². The summed E-state index contributed by atoms with van der Waals surface area (Å²) >= 11 is -0.361. The number of methoxy groups -OCH3 is 1. The molecule has 0 aromatic carbocycles. The van der Waals surface area contributed by atoms with Crippen molar-refractivity contribution in [3.8, 4) is 0 Å². The summed E-state index contributed by atoms with van der Waals surface area (Å²) in [6.07, 6.45) is 0.768. The molecule has 0 radical (unpaired) electrons. The molecular weight excluding hydrogens is 346 g/mol. The topological polar surface area (TPSA) is 108 Å². The smallest absolute Gasteiger partial charge is 0.247 e. The molecule has 1 aliphatic heterocycles. The van der Waals surface area contributed by atoms with Crippen molar-refractivity contribution in [1.29, 1.82) is 0 Å². The van der Waals surface area contributed by atoms with Gasteiger partial charge in [0.2, 0.25) is 14.2 Å². The fraction of sp³-hybridized carbons (Fsp3) is 0.667. The molecule has 10 heteroatoms. The van der Waals surface area contributed by atoms with E-state index in [1.54, 1.807) is 13.2 Å². The Balaban J connectivity index is 2.29. The lowest BCUT2D eigenvalue weighted by atomic mass is 10.1. The lowest BCUT2D eigenvalue weighted by Crippen LogP contribution is -2.43. The number of thiophene rings is 1. The van der Waals surface area contributed by atoms with Crippen LogP contribution in [0.1, 0.15) is 24.9 Å². The summed E-state index contributed by atoms with van der Waals surface area (Å²) in [6, 6.07) is 1.50. The molecule has 2 heterocycles. The summed E-state index contributed by atoms with van der Waals surface area (Å²) in [5, 5.41) is 8.51. The molecule has 0 spiro atoms. The highest BCUT2D eigenvalue weighted by Crippen LogP contribution is 2.39. The number of likely N-dealkylation sites (N-methyl/N-ethyl adjacent to an activating group) is 1. The van der Waals surface area contributed by atoms with E-state index in [1.807, 2.05) is 11.2 Å². The second-order valence-electron chi connectivity index (χ2n) is 4.95. The molecule has 1 aromatic rings. The SMILES string of the molecule is CCN[C@H]1CN(CCCOC)[S+]([O-])c2sc(S(N)(=O)=O)cc21. The zero-order valence-corrected chi connectivity index (χ0v) is 15.0. The largest absolute Gasteiger partial charge is 0.592 e. The predicted octanol–water partition coefficient (Wildman–Crippen LogP) is 0.421. The summed E-state index contributed by atoms with van der Waals surface area (Å²) in [7, 11) is -2.15. The summed E-state index contributed by atoms with van der Waals surface area (Å²) in [6.45, 7) is 4.51. The zero-order chi connectivity index (χ0) is 16.3. The predicted molar refractivity (Wildman–Crippen MR) is 86.6 cm³/mol. The maximum atomic E-state index is 12.6. The first-order valence-electron chi connectivity index (χ1n) is 6.94. The van der Waals surface area contributed by atoms with Crippen molar-refractivity contribution < 1.29 is 17.7 Å². The number of rotatable bonds is 7. The standard InChI is InChI=1S/C12H21N3O4S3/c1-3-14-10-8-15(5-4-6-19-2)21(16)12-9(10)7-11(20-12)22(13,17)18/h7,10,14H,3-6,8H2,1-2H3,(H2,13,17,18)/t10-,21?/m0/s1. The first-order valence-corrected chi connectivity index (χ1v) is 10.4. The first-order chi connectivity index (χ1) is 10.4. The molecule has 126 valence electrons. The molecular formula is C12H21N3O4S3. The molecule has 2 rings (SSSR count). The van der Waals surface area contributed by atoms with E-state index >= 15 is 0 Å². The Morgan fingerprint density at radius 3 is 2.95 bits per heavy atom. The van der Waals surface area contributed by atoms with Crippen molar-refractivity contribution in [2.24, 2.45) is 5.14 Å². The number of ether oxygens (including phenoxy) is 1. The van der Waals surface area contributed by atoms with Crippen molar-refractivity contribution in [2.45, 2.75) is 27.8 Å². The fourth-order valence-corrected chi connectivity index (χ4v) is 6.29. The van der Waals surface area contributed by atoms with E-state index in [-0.39, 0.29) is 10.3 Å². The van der Waals surface area contributed by atoms with Crippen LogP contribution in [0, 0.1) is 0 Å². The van der Waals surface area contributed by atoms with Crippen LogP contribution in [0.15, 0.2) is 14.5 Å². The van der Waals surface area contributed by atoms with Crippen LogP contribution < -0.4 is 10.5 Å². The lowest BCUT2D eigenvalue weighted by Gasteiger charge is -2.32. The lowest BCUT2D eigenvalue weighted by molar-refractivity contribution is 0.185. The van der Waals surface area contributed by atoms with Gasteiger partial charge in [0.15, 0.2) is 0 Å². The zero-order valence-electron chi connectivity index (χ0n) is 12.6. The van der Waals surface area contributed by atoms with Gasteiger partial charge in [0, 0.05) is 25.8 Å². The first kappa shape index (κ1) is 18.1. The number of nitrogens with zero attached hydrogens (tertiary/aromatic N) is 1. The van der Waals surface area contributed by atoms with E-state index in [0.29, 0.717) is 23.9 Å². The Morgan fingerprint density at radius 1 is 1.64 bits per heavy atom. The van der Waals surface area contributed by atoms with Gasteiger partial charge in [-0.3, -0.25) is 0 Å². The maximum absolute atomic E-state index is 12.6. The number of fused-ring (bicyclic) bond motifs is 1. The third-order valence-electron chi connectivity index (χ3n) is 3.34. The highest BCUT2D eigenvalue weighted by molar-refractivity contribution is 7.94. The monoisotopic (exact) mass is 367 g/mol. The summed E-state index contributed by atoms with van der Waals surface area (Å²) in [4.78, 5) is 0. The van der Waals surface area contributed by atoms with Gasteiger partial charge >= 0.3 is 0 Å². The van der Waals surface area contributed by atoms with Crippen LogP contribution in [-0.2, 0) is 26.1 Å². The normalized spacial score (nSPS) is 22.7. The molecule has 0 saturated heterocycles. The maximum Gasteiger partial charge on any atom is 0.247 e. The fourth-order valence-electron chi connectivity index (χ4n) is 2.35. The Kier molecular flexibility index (Phi) is 6.25. The minimum absolute atomic E-state index is 0.0491. The van der Waals surface area contributed by atoms with Crippen LogP contribution in [0.5, 0.6) is 0 Å². The molecule has 0 bridgehead atoms. The van der Waals surface area contributed by atoms with E-state index in [9.17, 15) is 13.0 Å². The van der Waals surface area contributed by atoms with Crippen LogP contribution in [0.3, 0.4) is 0 Å². The van der Waals surface area contributed by atoms with Gasteiger partial charge in [-0.1, -0.05) is 18.3 Å². The minimum atomic E-state index is -3.78. The van der Waals surface area contributed by atoms with Gasteiger partial charge in [0.05, 0.1) is 23.9 Å². The van der Waals surface area contributed by atoms with Crippen LogP contribution in [0.25, 0.3) is 0 Å². The van der Waals surface area contributed by atoms with E-state index in [2.05, 4.69) is 5.32 Å². The average molecular weight is 368 g/mol. The molecule has 0 fully saturated rings. The second kappa shape index (κ2) is 7.58. The van der Waals surface area contributed by atoms with E-state index in [4.69, 9.17) is 9.88 Å². The summed E-state index contributed by atoms with van der Waals surface area (Å²) < 4.78 is 43.3. The van der Waals surface area contributed by atoms with Gasteiger partial charge < -0.3 is 14.6 Å². The van der Waals surface area contributed by atoms with Crippen molar-refractivity contribution in [3.05, 3.63) is 11.6 Å². The molecule has 1 aliphatic rings. The molecule has 0 saturated carbocycles. The Morgan fingerprint density at radius 2 is 2.36 bits per heavy atom. The number of hydrogen-bond donors (Lipinski definition) is 2. The van der Waals surface area contributed by atoms with Crippen LogP contribution >= 0.6 is 11.3 Å². The molecule has 0 amide bonds. The minimum Gasteiger partial charge on any atom is -0.592 e. The van der Waals surface area contributed by atoms with Gasteiger partial charge in [0.25, 0.3) is 0 Å². The Hall–Kier alpha value is -0.200. The Labute approximate surface area is 138 Å². The molecule has 7 nitrogen and oxygen atoms in total. The highest BCUT2D eigenvalue weighted by Gasteiger charge is 2.39. The Bertz CT molecular complexity index is 605. The molecule has 3 N–H and O–H groups in total. The average Bonchev–Trinajstić information content (AvgIpc) is 2.89. The molecule has 22 heavy (non-hydrogen) atoms. The summed E-state index contributed by atoms with van der Waals surface area (Å²) in [5.74, 6) is 0. The van der Waals surface area contributed by atoms with Crippen molar-refractivity contribution in [2.75, 3.05) is 33.4 Å². The molecule has 0 aliphatic carbocycles. The van der Waals surface area contributed by atoms with Gasteiger partial charge in [-0.2, -0.15) is 0 Å². The van der Waals surface area contributed by atoms with E-state index in [1.165, 1.54) is 0 Å². The van der Waals surface area contributed by atoms with Gasteiger partial charge in [-0.05, 0) is 19.0 Å². The number of sulfonamides is 1. The van der Waals surface area contributed by atoms with Crippen LogP contribution in [0.4, 0.5) is 0 Å². The number of nitrogens with two attached hydrogens (primary N) is 1. The van der Waals surface area contributed by atoms with Crippen molar-refractivity contribution in [1.82, 2.24) is 9.62 Å².